The third-order valence-electron chi connectivity index (χ3n) is 4.45. The number of nitrogens with two attached hydrogens (primary N) is 2. The first-order valence-electron chi connectivity index (χ1n) is 6.70. The summed E-state index contributed by atoms with van der Waals surface area (Å²) in [5.74, 6) is 0.337. The highest BCUT2D eigenvalue weighted by Gasteiger charge is 2.37. The van der Waals surface area contributed by atoms with Crippen molar-refractivity contribution in [3.63, 3.8) is 0 Å². The highest BCUT2D eigenvalue weighted by molar-refractivity contribution is 5.99. The normalized spacial score (nSPS) is 25.6. The van der Waals surface area contributed by atoms with Gasteiger partial charge in [0.25, 0.3) is 5.91 Å². The molecule has 1 saturated carbocycles. The van der Waals surface area contributed by atoms with Crippen molar-refractivity contribution in [2.24, 2.45) is 17.6 Å². The number of anilines is 2. The number of nitrogens with zero attached hydrogens (tertiary/aromatic N) is 1. The lowest BCUT2D eigenvalue weighted by atomic mass is 10.0. The first-order chi connectivity index (χ1) is 9.06. The molecular formula is C14H18FN3O. The number of primary amides is 1. The molecule has 2 aliphatic rings. The van der Waals surface area contributed by atoms with Crippen molar-refractivity contribution in [2.75, 3.05) is 23.7 Å². The number of hydrogen-bond acceptors (Lipinski definition) is 3. The molecule has 5 heteroatoms. The fraction of sp³-hybridized carbons (Fsp3) is 0.500. The van der Waals surface area contributed by atoms with Crippen LogP contribution in [0.1, 0.15) is 29.6 Å². The molecular weight excluding hydrogens is 245 g/mol. The largest absolute Gasteiger partial charge is 0.398 e. The summed E-state index contributed by atoms with van der Waals surface area (Å²) in [6, 6.07) is 2.69. The van der Waals surface area contributed by atoms with Crippen LogP contribution in [0.25, 0.3) is 0 Å². The van der Waals surface area contributed by atoms with Crippen molar-refractivity contribution < 1.29 is 9.18 Å². The molecule has 2 fully saturated rings. The Hall–Kier alpha value is -1.78. The van der Waals surface area contributed by atoms with E-state index in [9.17, 15) is 9.18 Å². The predicted molar refractivity (Wildman–Crippen MR) is 72.4 cm³/mol. The van der Waals surface area contributed by atoms with Crippen LogP contribution < -0.4 is 16.4 Å². The number of fused-ring (bicyclic) bond motifs is 1. The minimum Gasteiger partial charge on any atom is -0.398 e. The summed E-state index contributed by atoms with van der Waals surface area (Å²) in [6.45, 7) is 1.73. The zero-order valence-electron chi connectivity index (χ0n) is 10.7. The van der Waals surface area contributed by atoms with E-state index in [1.54, 1.807) is 0 Å². The van der Waals surface area contributed by atoms with Gasteiger partial charge in [0.2, 0.25) is 0 Å². The SMILES string of the molecule is NC(=O)c1cc(N2CC3CCCC3C2)c(F)cc1N. The highest BCUT2D eigenvalue weighted by Crippen LogP contribution is 2.40. The fourth-order valence-corrected chi connectivity index (χ4v) is 3.46. The van der Waals surface area contributed by atoms with Crippen molar-refractivity contribution in [2.45, 2.75) is 19.3 Å². The van der Waals surface area contributed by atoms with Gasteiger partial charge in [0.05, 0.1) is 11.3 Å². The molecule has 1 aromatic carbocycles. The Bertz CT molecular complexity index is 520. The van der Waals surface area contributed by atoms with Crippen LogP contribution in [-0.2, 0) is 0 Å². The number of nitrogen functional groups attached to an aromatic ring is 1. The van der Waals surface area contributed by atoms with Crippen LogP contribution in [0, 0.1) is 17.7 Å². The van der Waals surface area contributed by atoms with Gasteiger partial charge in [-0.05, 0) is 36.8 Å². The molecule has 19 heavy (non-hydrogen) atoms. The van der Waals surface area contributed by atoms with Crippen LogP contribution in [0.3, 0.4) is 0 Å². The average molecular weight is 263 g/mol. The van der Waals surface area contributed by atoms with Gasteiger partial charge in [-0.2, -0.15) is 0 Å². The van der Waals surface area contributed by atoms with E-state index >= 15 is 0 Å². The van der Waals surface area contributed by atoms with E-state index in [2.05, 4.69) is 0 Å². The monoisotopic (exact) mass is 263 g/mol. The van der Waals surface area contributed by atoms with E-state index < -0.39 is 5.91 Å². The summed E-state index contributed by atoms with van der Waals surface area (Å²) in [4.78, 5) is 13.3. The molecule has 4 nitrogen and oxygen atoms in total. The predicted octanol–water partition coefficient (Wildman–Crippen LogP) is 1.74. The smallest absolute Gasteiger partial charge is 0.250 e. The van der Waals surface area contributed by atoms with Gasteiger partial charge in [-0.1, -0.05) is 6.42 Å². The molecule has 0 bridgehead atoms. The average Bonchev–Trinajstić information content (AvgIpc) is 2.88. The van der Waals surface area contributed by atoms with Gasteiger partial charge in [-0.3, -0.25) is 4.79 Å². The van der Waals surface area contributed by atoms with Gasteiger partial charge in [0.1, 0.15) is 5.82 Å². The molecule has 1 aliphatic carbocycles. The number of halogens is 1. The molecule has 4 N–H and O–H groups in total. The van der Waals surface area contributed by atoms with Crippen LogP contribution >= 0.6 is 0 Å². The molecule has 2 unspecified atom stereocenters. The number of hydrogen-bond donors (Lipinski definition) is 2. The van der Waals surface area contributed by atoms with Crippen molar-refractivity contribution in [3.8, 4) is 0 Å². The Kier molecular flexibility index (Phi) is 2.84. The fourth-order valence-electron chi connectivity index (χ4n) is 3.46. The van der Waals surface area contributed by atoms with Crippen LogP contribution in [0.4, 0.5) is 15.8 Å². The first kappa shape index (κ1) is 12.3. The summed E-state index contributed by atoms with van der Waals surface area (Å²) < 4.78 is 14.0. The molecule has 1 heterocycles. The van der Waals surface area contributed by atoms with Gasteiger partial charge in [0.15, 0.2) is 0 Å². The minimum absolute atomic E-state index is 0.105. The van der Waals surface area contributed by atoms with E-state index in [1.807, 2.05) is 4.90 Å². The zero-order valence-corrected chi connectivity index (χ0v) is 10.7. The Morgan fingerprint density at radius 1 is 1.26 bits per heavy atom. The maximum Gasteiger partial charge on any atom is 0.250 e. The number of amides is 1. The molecule has 0 aromatic heterocycles. The van der Waals surface area contributed by atoms with Crippen molar-refractivity contribution in [1.82, 2.24) is 0 Å². The van der Waals surface area contributed by atoms with Crippen LogP contribution in [-0.4, -0.2) is 19.0 Å². The summed E-state index contributed by atoms with van der Waals surface area (Å²) in [6.07, 6.45) is 3.72. The molecule has 102 valence electrons. The molecule has 1 saturated heterocycles. The number of rotatable bonds is 2. The Morgan fingerprint density at radius 3 is 2.47 bits per heavy atom. The Labute approximate surface area is 111 Å². The molecule has 3 rings (SSSR count). The maximum absolute atomic E-state index is 14.0. The molecule has 1 aromatic rings. The summed E-state index contributed by atoms with van der Waals surface area (Å²) in [5, 5.41) is 0. The van der Waals surface area contributed by atoms with Crippen molar-refractivity contribution in [1.29, 1.82) is 0 Å². The van der Waals surface area contributed by atoms with Gasteiger partial charge < -0.3 is 16.4 Å². The van der Waals surface area contributed by atoms with Crippen LogP contribution in [0.15, 0.2) is 12.1 Å². The molecule has 2 atom stereocenters. The first-order valence-corrected chi connectivity index (χ1v) is 6.70. The Balaban J connectivity index is 1.92. The molecule has 0 spiro atoms. The third kappa shape index (κ3) is 2.03. The van der Waals surface area contributed by atoms with Crippen LogP contribution in [0.5, 0.6) is 0 Å². The van der Waals surface area contributed by atoms with Gasteiger partial charge in [0, 0.05) is 18.8 Å². The summed E-state index contributed by atoms with van der Waals surface area (Å²) >= 11 is 0. The van der Waals surface area contributed by atoms with Gasteiger partial charge >= 0.3 is 0 Å². The second-order valence-corrected chi connectivity index (χ2v) is 5.61. The Morgan fingerprint density at radius 2 is 1.89 bits per heavy atom. The second kappa shape index (κ2) is 4.40. The van der Waals surface area contributed by atoms with E-state index in [1.165, 1.54) is 31.4 Å². The lowest BCUT2D eigenvalue weighted by Crippen LogP contribution is -2.23. The van der Waals surface area contributed by atoms with E-state index in [-0.39, 0.29) is 17.1 Å². The zero-order chi connectivity index (χ0) is 13.6. The summed E-state index contributed by atoms with van der Waals surface area (Å²) in [7, 11) is 0. The minimum atomic E-state index is -0.613. The van der Waals surface area contributed by atoms with E-state index in [4.69, 9.17) is 11.5 Å². The van der Waals surface area contributed by atoms with Crippen LogP contribution in [0.2, 0.25) is 0 Å². The number of benzene rings is 1. The summed E-state index contributed by atoms with van der Waals surface area (Å²) in [5.41, 5.74) is 11.6. The maximum atomic E-state index is 14.0. The van der Waals surface area contributed by atoms with Crippen molar-refractivity contribution in [3.05, 3.63) is 23.5 Å². The molecule has 1 aliphatic heterocycles. The van der Waals surface area contributed by atoms with Crippen molar-refractivity contribution >= 4 is 17.3 Å². The number of carbonyl (C=O) groups excluding carboxylic acids is 1. The topological polar surface area (TPSA) is 72.4 Å². The lowest BCUT2D eigenvalue weighted by molar-refractivity contribution is 0.100. The lowest BCUT2D eigenvalue weighted by Gasteiger charge is -2.21. The van der Waals surface area contributed by atoms with Gasteiger partial charge in [-0.25, -0.2) is 4.39 Å². The second-order valence-electron chi connectivity index (χ2n) is 5.61. The van der Waals surface area contributed by atoms with Gasteiger partial charge in [-0.15, -0.1) is 0 Å². The number of carbonyl (C=O) groups is 1. The molecule has 1 amide bonds. The molecule has 0 radical (unpaired) electrons. The third-order valence-corrected chi connectivity index (χ3v) is 4.45. The standard InChI is InChI=1S/C14H18FN3O/c15-11-5-12(16)10(14(17)19)4-13(11)18-6-8-2-1-3-9(8)7-18/h4-5,8-9H,1-3,6-7,16H2,(H2,17,19). The highest BCUT2D eigenvalue weighted by atomic mass is 19.1. The quantitative estimate of drug-likeness (QED) is 0.798. The van der Waals surface area contributed by atoms with E-state index in [0.29, 0.717) is 17.5 Å². The van der Waals surface area contributed by atoms with E-state index in [0.717, 1.165) is 13.1 Å².